The molecule has 8 nitrogen and oxygen atoms in total. The fourth-order valence-corrected chi connectivity index (χ4v) is 4.71. The summed E-state index contributed by atoms with van der Waals surface area (Å²) in [6, 6.07) is 11.1. The molecule has 1 atom stereocenters. The Labute approximate surface area is 222 Å². The Kier molecular flexibility index (Phi) is 9.08. The van der Waals surface area contributed by atoms with Crippen molar-refractivity contribution in [3.8, 4) is 11.5 Å². The number of morpholine rings is 1. The van der Waals surface area contributed by atoms with Crippen LogP contribution in [0.1, 0.15) is 37.4 Å². The van der Waals surface area contributed by atoms with Crippen LogP contribution in [0.2, 0.25) is 5.02 Å². The van der Waals surface area contributed by atoms with Crippen LogP contribution in [0.25, 0.3) is 5.76 Å². The number of ketones is 1. The van der Waals surface area contributed by atoms with Gasteiger partial charge < -0.3 is 24.2 Å². The van der Waals surface area contributed by atoms with Gasteiger partial charge in [0.1, 0.15) is 5.76 Å². The van der Waals surface area contributed by atoms with E-state index in [2.05, 4.69) is 4.90 Å². The Bertz CT molecular complexity index is 1140. The van der Waals surface area contributed by atoms with Gasteiger partial charge in [0.25, 0.3) is 11.7 Å². The van der Waals surface area contributed by atoms with Crippen molar-refractivity contribution in [1.29, 1.82) is 0 Å². The van der Waals surface area contributed by atoms with Crippen molar-refractivity contribution < 1.29 is 28.9 Å². The van der Waals surface area contributed by atoms with E-state index in [0.29, 0.717) is 67.2 Å². The summed E-state index contributed by atoms with van der Waals surface area (Å²) in [5.41, 5.74) is 1.11. The van der Waals surface area contributed by atoms with Crippen molar-refractivity contribution in [2.24, 2.45) is 0 Å². The van der Waals surface area contributed by atoms with Crippen LogP contribution in [0, 0.1) is 0 Å². The van der Waals surface area contributed by atoms with Crippen LogP contribution in [0.15, 0.2) is 48.0 Å². The van der Waals surface area contributed by atoms with E-state index in [-0.39, 0.29) is 11.3 Å². The molecule has 0 aromatic heterocycles. The average Bonchev–Trinajstić information content (AvgIpc) is 3.17. The number of hydrogen-bond acceptors (Lipinski definition) is 7. The van der Waals surface area contributed by atoms with Crippen LogP contribution in [0.5, 0.6) is 11.5 Å². The van der Waals surface area contributed by atoms with E-state index >= 15 is 0 Å². The minimum Gasteiger partial charge on any atom is -0.507 e. The van der Waals surface area contributed by atoms with Crippen molar-refractivity contribution >= 4 is 29.1 Å². The van der Waals surface area contributed by atoms with Gasteiger partial charge in [-0.1, -0.05) is 24.6 Å². The maximum Gasteiger partial charge on any atom is 0.295 e. The zero-order valence-corrected chi connectivity index (χ0v) is 22.0. The number of ether oxygens (including phenoxy) is 3. The predicted octanol–water partition coefficient (Wildman–Crippen LogP) is 4.28. The molecular weight excluding hydrogens is 496 g/mol. The lowest BCUT2D eigenvalue weighted by molar-refractivity contribution is -0.140. The molecule has 2 saturated heterocycles. The Balaban J connectivity index is 1.76. The van der Waals surface area contributed by atoms with Crippen molar-refractivity contribution in [2.75, 3.05) is 52.6 Å². The number of nitrogens with zero attached hydrogens (tertiary/aromatic N) is 2. The van der Waals surface area contributed by atoms with Crippen molar-refractivity contribution in [1.82, 2.24) is 9.80 Å². The third-order valence-electron chi connectivity index (χ3n) is 6.46. The van der Waals surface area contributed by atoms with Gasteiger partial charge in [-0.2, -0.15) is 0 Å². The van der Waals surface area contributed by atoms with Gasteiger partial charge in [0.2, 0.25) is 0 Å². The Morgan fingerprint density at radius 3 is 2.43 bits per heavy atom. The number of hydrogen-bond donors (Lipinski definition) is 1. The third kappa shape index (κ3) is 6.09. The second-order valence-electron chi connectivity index (χ2n) is 8.94. The molecule has 37 heavy (non-hydrogen) atoms. The zero-order valence-electron chi connectivity index (χ0n) is 21.2. The molecule has 9 heteroatoms. The molecule has 1 unspecified atom stereocenters. The van der Waals surface area contributed by atoms with Gasteiger partial charge in [-0.3, -0.25) is 14.5 Å². The fourth-order valence-electron chi connectivity index (χ4n) is 4.59. The molecule has 2 aliphatic heterocycles. The van der Waals surface area contributed by atoms with Crippen LogP contribution < -0.4 is 9.47 Å². The Morgan fingerprint density at radius 1 is 1.03 bits per heavy atom. The average molecular weight is 529 g/mol. The summed E-state index contributed by atoms with van der Waals surface area (Å²) in [6.07, 6.45) is 0.843. The molecule has 2 aromatic carbocycles. The molecule has 4 rings (SSSR count). The zero-order chi connectivity index (χ0) is 26.4. The predicted molar refractivity (Wildman–Crippen MR) is 141 cm³/mol. The number of halogens is 1. The minimum atomic E-state index is -0.781. The molecule has 0 saturated carbocycles. The molecule has 0 radical (unpaired) electrons. The molecule has 2 aromatic rings. The molecule has 1 N–H and O–H groups in total. The molecule has 0 aliphatic carbocycles. The molecule has 1 amide bonds. The maximum absolute atomic E-state index is 13.3. The first kappa shape index (κ1) is 27.0. The smallest absolute Gasteiger partial charge is 0.295 e. The van der Waals surface area contributed by atoms with E-state index in [1.54, 1.807) is 36.4 Å². The number of aliphatic hydroxyl groups is 1. The molecule has 2 heterocycles. The monoisotopic (exact) mass is 528 g/mol. The maximum atomic E-state index is 13.3. The lowest BCUT2D eigenvalue weighted by Crippen LogP contribution is -2.42. The normalized spacial score (nSPS) is 19.9. The summed E-state index contributed by atoms with van der Waals surface area (Å²) in [6.45, 7) is 8.56. The fraction of sp³-hybridized carbons (Fsp3) is 0.429. The number of rotatable bonds is 10. The summed E-state index contributed by atoms with van der Waals surface area (Å²) < 4.78 is 17.1. The molecular formula is C28H33ClN2O6. The highest BCUT2D eigenvalue weighted by Gasteiger charge is 2.46. The van der Waals surface area contributed by atoms with Crippen LogP contribution in [-0.2, 0) is 14.3 Å². The van der Waals surface area contributed by atoms with Crippen LogP contribution >= 0.6 is 11.6 Å². The van der Waals surface area contributed by atoms with E-state index in [4.69, 9.17) is 25.8 Å². The van der Waals surface area contributed by atoms with E-state index in [0.717, 1.165) is 19.5 Å². The highest BCUT2D eigenvalue weighted by atomic mass is 35.5. The molecule has 198 valence electrons. The summed E-state index contributed by atoms with van der Waals surface area (Å²) >= 11 is 6.02. The number of carbonyl (C=O) groups excluding carboxylic acids is 2. The van der Waals surface area contributed by atoms with Gasteiger partial charge in [-0.05, 0) is 55.3 Å². The number of benzene rings is 2. The van der Waals surface area contributed by atoms with Crippen molar-refractivity contribution in [3.63, 3.8) is 0 Å². The summed E-state index contributed by atoms with van der Waals surface area (Å²) in [5.74, 6) is -0.478. The van der Waals surface area contributed by atoms with E-state index in [1.807, 2.05) is 19.9 Å². The first-order chi connectivity index (χ1) is 17.9. The molecule has 2 fully saturated rings. The van der Waals surface area contributed by atoms with Gasteiger partial charge in [0.05, 0.1) is 38.0 Å². The lowest BCUT2D eigenvalue weighted by atomic mass is 9.95. The minimum absolute atomic E-state index is 0.0407. The van der Waals surface area contributed by atoms with Gasteiger partial charge in [0, 0.05) is 36.8 Å². The van der Waals surface area contributed by atoms with Gasteiger partial charge in [-0.25, -0.2) is 0 Å². The third-order valence-corrected chi connectivity index (χ3v) is 6.72. The Morgan fingerprint density at radius 2 is 1.76 bits per heavy atom. The second kappa shape index (κ2) is 12.4. The first-order valence-electron chi connectivity index (χ1n) is 12.7. The highest BCUT2D eigenvalue weighted by Crippen LogP contribution is 2.42. The number of carbonyl (C=O) groups is 2. The SMILES string of the molecule is CCCOc1ccc(C2C(=C(O)c3ccc(Cl)cc3)C(=O)C(=O)N2CCN2CCOCC2)cc1OCC. The lowest BCUT2D eigenvalue weighted by Gasteiger charge is -2.31. The highest BCUT2D eigenvalue weighted by molar-refractivity contribution is 6.46. The number of likely N-dealkylation sites (tertiary alicyclic amines) is 1. The standard InChI is InChI=1S/C28H33ClN2O6/c1-3-15-37-22-10-7-20(18-23(22)36-4-2)25-24(26(32)19-5-8-21(29)9-6-19)27(33)28(34)31(25)12-11-30-13-16-35-17-14-30/h5-10,18,25,32H,3-4,11-17H2,1-2H3. The second-order valence-corrected chi connectivity index (χ2v) is 9.38. The van der Waals surface area contributed by atoms with E-state index in [1.165, 1.54) is 4.90 Å². The largest absolute Gasteiger partial charge is 0.507 e. The van der Waals surface area contributed by atoms with Gasteiger partial charge >= 0.3 is 0 Å². The number of aliphatic hydroxyl groups excluding tert-OH is 1. The molecule has 2 aliphatic rings. The number of Topliss-reactive ketones (excluding diaryl/α,β-unsaturated/α-hetero) is 1. The van der Waals surface area contributed by atoms with Crippen molar-refractivity contribution in [2.45, 2.75) is 26.3 Å². The van der Waals surface area contributed by atoms with Crippen LogP contribution in [0.3, 0.4) is 0 Å². The molecule has 0 spiro atoms. The quantitative estimate of drug-likeness (QED) is 0.280. The van der Waals surface area contributed by atoms with Crippen LogP contribution in [0.4, 0.5) is 0 Å². The van der Waals surface area contributed by atoms with E-state index in [9.17, 15) is 14.7 Å². The van der Waals surface area contributed by atoms with Gasteiger partial charge in [0.15, 0.2) is 11.5 Å². The molecule has 0 bridgehead atoms. The van der Waals surface area contributed by atoms with Crippen LogP contribution in [-0.4, -0.2) is 79.2 Å². The van der Waals surface area contributed by atoms with E-state index < -0.39 is 17.7 Å². The first-order valence-corrected chi connectivity index (χ1v) is 13.1. The topological polar surface area (TPSA) is 88.5 Å². The van der Waals surface area contributed by atoms with Gasteiger partial charge in [-0.15, -0.1) is 0 Å². The summed E-state index contributed by atoms with van der Waals surface area (Å²) in [5, 5.41) is 11.8. The number of amides is 1. The Hall–Kier alpha value is -3.07. The van der Waals surface area contributed by atoms with Crippen molar-refractivity contribution in [3.05, 3.63) is 64.2 Å². The summed E-state index contributed by atoms with van der Waals surface area (Å²) in [7, 11) is 0. The summed E-state index contributed by atoms with van der Waals surface area (Å²) in [4.78, 5) is 30.4.